The first-order valence-electron chi connectivity index (χ1n) is 7.66. The van der Waals surface area contributed by atoms with Crippen LogP contribution in [0.2, 0.25) is 0 Å². The number of hydrogen-bond acceptors (Lipinski definition) is 4. The summed E-state index contributed by atoms with van der Waals surface area (Å²) in [4.78, 5) is 17.3. The van der Waals surface area contributed by atoms with Crippen LogP contribution in [0.3, 0.4) is 0 Å². The molecule has 1 amide bonds. The molecule has 2 aromatic heterocycles. The normalized spacial score (nSPS) is 18.8. The number of rotatable bonds is 4. The van der Waals surface area contributed by atoms with Crippen LogP contribution < -0.4 is 5.32 Å². The zero-order chi connectivity index (χ0) is 15.7. The van der Waals surface area contributed by atoms with Crippen LogP contribution in [0.5, 0.6) is 0 Å². The van der Waals surface area contributed by atoms with E-state index in [0.29, 0.717) is 12.6 Å². The lowest BCUT2D eigenvalue weighted by Gasteiger charge is -2.23. The quantitative estimate of drug-likeness (QED) is 0.910. The Morgan fingerprint density at radius 2 is 2.27 bits per heavy atom. The van der Waals surface area contributed by atoms with Gasteiger partial charge < -0.3 is 5.32 Å². The Hall–Kier alpha value is -1.66. The summed E-state index contributed by atoms with van der Waals surface area (Å²) in [5, 5.41) is 10.0. The number of aryl methyl sites for hydroxylation is 3. The summed E-state index contributed by atoms with van der Waals surface area (Å²) in [6.45, 7) is 7.36. The van der Waals surface area contributed by atoms with Crippen molar-refractivity contribution < 1.29 is 4.79 Å². The van der Waals surface area contributed by atoms with Gasteiger partial charge in [0.25, 0.3) is 0 Å². The number of H-pyrrole nitrogens is 1. The van der Waals surface area contributed by atoms with Crippen molar-refractivity contribution in [2.45, 2.75) is 39.7 Å². The summed E-state index contributed by atoms with van der Waals surface area (Å²) in [6, 6.07) is 4.75. The molecule has 0 bridgehead atoms. The second-order valence-electron chi connectivity index (χ2n) is 5.93. The number of carbonyl (C=O) groups excluding carboxylic acids is 1. The third-order valence-corrected chi connectivity index (χ3v) is 5.29. The molecule has 0 aliphatic carbocycles. The highest BCUT2D eigenvalue weighted by atomic mass is 32.1. The molecule has 1 saturated heterocycles. The van der Waals surface area contributed by atoms with Gasteiger partial charge in [0.15, 0.2) is 0 Å². The van der Waals surface area contributed by atoms with Gasteiger partial charge in [0, 0.05) is 15.8 Å². The summed E-state index contributed by atoms with van der Waals surface area (Å²) in [6.07, 6.45) is 2.29. The molecule has 6 heteroatoms. The van der Waals surface area contributed by atoms with E-state index in [9.17, 15) is 4.79 Å². The number of likely N-dealkylation sites (tertiary alicyclic amines) is 1. The predicted octanol–water partition coefficient (Wildman–Crippen LogP) is 3.17. The van der Waals surface area contributed by atoms with Crippen LogP contribution in [0.1, 0.15) is 40.0 Å². The first kappa shape index (κ1) is 15.2. The minimum atomic E-state index is 0.0350. The smallest absolute Gasteiger partial charge is 0.238 e. The maximum Gasteiger partial charge on any atom is 0.238 e. The van der Waals surface area contributed by atoms with Crippen LogP contribution in [0.4, 0.5) is 5.69 Å². The van der Waals surface area contributed by atoms with E-state index in [0.717, 1.165) is 36.5 Å². The van der Waals surface area contributed by atoms with Gasteiger partial charge in [-0.3, -0.25) is 14.8 Å². The van der Waals surface area contributed by atoms with Gasteiger partial charge in [-0.15, -0.1) is 11.3 Å². The van der Waals surface area contributed by atoms with E-state index < -0.39 is 0 Å². The first-order chi connectivity index (χ1) is 10.5. The molecule has 0 saturated carbocycles. The van der Waals surface area contributed by atoms with Crippen molar-refractivity contribution in [3.8, 4) is 0 Å². The minimum absolute atomic E-state index is 0.0350. The Balaban J connectivity index is 1.65. The summed E-state index contributed by atoms with van der Waals surface area (Å²) in [5.74, 6) is 0.0350. The highest BCUT2D eigenvalue weighted by Crippen LogP contribution is 2.35. The van der Waals surface area contributed by atoms with Gasteiger partial charge in [-0.25, -0.2) is 0 Å². The van der Waals surface area contributed by atoms with Crippen molar-refractivity contribution in [1.82, 2.24) is 15.1 Å². The fourth-order valence-electron chi connectivity index (χ4n) is 3.07. The molecule has 3 rings (SSSR count). The highest BCUT2D eigenvalue weighted by molar-refractivity contribution is 7.12. The maximum atomic E-state index is 12.4. The number of hydrogen-bond donors (Lipinski definition) is 2. The monoisotopic (exact) mass is 318 g/mol. The average molecular weight is 318 g/mol. The minimum Gasteiger partial charge on any atom is -0.322 e. The number of thiophene rings is 1. The van der Waals surface area contributed by atoms with E-state index in [1.54, 1.807) is 0 Å². The van der Waals surface area contributed by atoms with E-state index in [2.05, 4.69) is 39.5 Å². The van der Waals surface area contributed by atoms with Crippen LogP contribution in [0.15, 0.2) is 12.1 Å². The number of nitrogens with zero attached hydrogens (tertiary/aromatic N) is 2. The third-order valence-electron chi connectivity index (χ3n) is 4.19. The van der Waals surface area contributed by atoms with Crippen molar-refractivity contribution >= 4 is 22.9 Å². The molecule has 3 heterocycles. The predicted molar refractivity (Wildman–Crippen MR) is 89.3 cm³/mol. The Morgan fingerprint density at radius 1 is 1.45 bits per heavy atom. The average Bonchev–Trinajstić information content (AvgIpc) is 3.16. The van der Waals surface area contributed by atoms with Crippen molar-refractivity contribution in [2.24, 2.45) is 0 Å². The molecule has 0 spiro atoms. The Morgan fingerprint density at radius 3 is 2.91 bits per heavy atom. The lowest BCUT2D eigenvalue weighted by molar-refractivity contribution is -0.117. The van der Waals surface area contributed by atoms with Gasteiger partial charge in [-0.1, -0.05) is 0 Å². The first-order valence-corrected chi connectivity index (χ1v) is 8.48. The zero-order valence-electron chi connectivity index (χ0n) is 13.3. The molecule has 118 valence electrons. The van der Waals surface area contributed by atoms with E-state index in [4.69, 9.17) is 0 Å². The Bertz CT molecular complexity index is 656. The Kier molecular flexibility index (Phi) is 4.31. The molecule has 1 aliphatic heterocycles. The molecule has 0 aromatic carbocycles. The van der Waals surface area contributed by atoms with Crippen LogP contribution in [0.25, 0.3) is 0 Å². The summed E-state index contributed by atoms with van der Waals surface area (Å²) in [5.41, 5.74) is 2.54. The molecule has 1 unspecified atom stereocenters. The van der Waals surface area contributed by atoms with Crippen LogP contribution in [-0.4, -0.2) is 34.1 Å². The van der Waals surface area contributed by atoms with Gasteiger partial charge in [-0.05, 0) is 52.3 Å². The topological polar surface area (TPSA) is 61.0 Å². The van der Waals surface area contributed by atoms with Crippen molar-refractivity contribution in [1.29, 1.82) is 0 Å². The van der Waals surface area contributed by atoms with Gasteiger partial charge in [0.2, 0.25) is 5.91 Å². The number of aromatic nitrogens is 2. The molecule has 1 atom stereocenters. The van der Waals surface area contributed by atoms with Crippen molar-refractivity contribution in [3.05, 3.63) is 33.3 Å². The SMILES string of the molecule is Cc1ccc(C2CCCN2CC(=O)Nc2c(C)n[nH]c2C)s1. The van der Waals surface area contributed by atoms with E-state index in [-0.39, 0.29) is 5.91 Å². The molecular weight excluding hydrogens is 296 g/mol. The molecule has 22 heavy (non-hydrogen) atoms. The molecule has 1 aliphatic rings. The summed E-state index contributed by atoms with van der Waals surface area (Å²) >= 11 is 1.84. The lowest BCUT2D eigenvalue weighted by Crippen LogP contribution is -2.32. The number of anilines is 1. The van der Waals surface area contributed by atoms with E-state index in [1.165, 1.54) is 9.75 Å². The molecule has 1 fully saturated rings. The number of amides is 1. The fourth-order valence-corrected chi connectivity index (χ4v) is 4.12. The molecule has 2 N–H and O–H groups in total. The molecule has 5 nitrogen and oxygen atoms in total. The number of carbonyl (C=O) groups is 1. The standard InChI is InChI=1S/C16H22N4OS/c1-10-6-7-14(22-10)13-5-4-8-20(13)9-15(21)17-16-11(2)18-19-12(16)3/h6-7,13H,4-5,8-9H2,1-3H3,(H,17,21)(H,18,19). The zero-order valence-corrected chi connectivity index (χ0v) is 14.1. The second-order valence-corrected chi connectivity index (χ2v) is 7.25. The van der Waals surface area contributed by atoms with Crippen molar-refractivity contribution in [2.75, 3.05) is 18.4 Å². The highest BCUT2D eigenvalue weighted by Gasteiger charge is 2.28. The van der Waals surface area contributed by atoms with Gasteiger partial charge in [0.05, 0.1) is 23.6 Å². The summed E-state index contributed by atoms with van der Waals surface area (Å²) in [7, 11) is 0. The summed E-state index contributed by atoms with van der Waals surface area (Å²) < 4.78 is 0. The number of aromatic amines is 1. The van der Waals surface area contributed by atoms with Crippen LogP contribution >= 0.6 is 11.3 Å². The third kappa shape index (κ3) is 3.08. The Labute approximate surface area is 134 Å². The molecular formula is C16H22N4OS. The lowest BCUT2D eigenvalue weighted by atomic mass is 10.2. The van der Waals surface area contributed by atoms with Gasteiger partial charge >= 0.3 is 0 Å². The van der Waals surface area contributed by atoms with E-state index >= 15 is 0 Å². The largest absolute Gasteiger partial charge is 0.322 e. The van der Waals surface area contributed by atoms with Crippen LogP contribution in [-0.2, 0) is 4.79 Å². The van der Waals surface area contributed by atoms with Gasteiger partial charge in [-0.2, -0.15) is 5.10 Å². The maximum absolute atomic E-state index is 12.4. The fraction of sp³-hybridized carbons (Fsp3) is 0.500. The second kappa shape index (κ2) is 6.22. The molecule has 0 radical (unpaired) electrons. The van der Waals surface area contributed by atoms with Crippen molar-refractivity contribution in [3.63, 3.8) is 0 Å². The molecule has 2 aromatic rings. The van der Waals surface area contributed by atoms with Crippen LogP contribution in [0, 0.1) is 20.8 Å². The van der Waals surface area contributed by atoms with Gasteiger partial charge in [0.1, 0.15) is 0 Å². The van der Waals surface area contributed by atoms with E-state index in [1.807, 2.05) is 25.2 Å². The number of nitrogens with one attached hydrogen (secondary N) is 2.